The van der Waals surface area contributed by atoms with Gasteiger partial charge >= 0.3 is 12.1 Å². The lowest BCUT2D eigenvalue weighted by Gasteiger charge is -2.24. The minimum Gasteiger partial charge on any atom is -0.353 e. The van der Waals surface area contributed by atoms with E-state index in [1.54, 1.807) is 0 Å². The summed E-state index contributed by atoms with van der Waals surface area (Å²) in [6.45, 7) is 1.69. The number of ether oxygens (including phenoxy) is 2. The highest BCUT2D eigenvalue weighted by Crippen LogP contribution is 2.35. The highest BCUT2D eigenvalue weighted by molar-refractivity contribution is 4.82. The van der Waals surface area contributed by atoms with Crippen LogP contribution in [0.1, 0.15) is 26.7 Å². The van der Waals surface area contributed by atoms with Gasteiger partial charge in [0.05, 0.1) is 0 Å². The Kier molecular flexibility index (Phi) is 6.98. The molecule has 0 fully saturated rings. The molecule has 8 heteroatoms. The average Bonchev–Trinajstić information content (AvgIpc) is 2.24. The Balaban J connectivity index is 4.10. The molecule has 0 spiro atoms. The molecule has 18 heavy (non-hydrogen) atoms. The molecule has 2 nitrogen and oxygen atoms in total. The summed E-state index contributed by atoms with van der Waals surface area (Å²) < 4.78 is 82.6. The Hall–Kier alpha value is -0.500. The second kappa shape index (κ2) is 7.18. The van der Waals surface area contributed by atoms with E-state index in [0.717, 1.165) is 6.42 Å². The second-order valence-electron chi connectivity index (χ2n) is 3.77. The van der Waals surface area contributed by atoms with Crippen molar-refractivity contribution < 1.29 is 35.8 Å². The molecule has 0 heterocycles. The van der Waals surface area contributed by atoms with Crippen molar-refractivity contribution in [2.24, 2.45) is 0 Å². The average molecular weight is 282 g/mol. The van der Waals surface area contributed by atoms with Crippen LogP contribution in [-0.2, 0) is 9.47 Å². The topological polar surface area (TPSA) is 18.5 Å². The summed E-state index contributed by atoms with van der Waals surface area (Å²) >= 11 is 0. The van der Waals surface area contributed by atoms with E-state index in [2.05, 4.69) is 4.74 Å². The van der Waals surface area contributed by atoms with Crippen molar-refractivity contribution in [2.75, 3.05) is 13.2 Å². The highest BCUT2D eigenvalue weighted by atomic mass is 19.4. The van der Waals surface area contributed by atoms with Crippen molar-refractivity contribution in [1.29, 1.82) is 0 Å². The van der Waals surface area contributed by atoms with Crippen molar-refractivity contribution in [3.8, 4) is 0 Å². The molecule has 0 saturated carbocycles. The summed E-state index contributed by atoms with van der Waals surface area (Å²) in [5.41, 5.74) is 0. The molecule has 0 bridgehead atoms. The first kappa shape index (κ1) is 17.5. The Labute approximate surface area is 101 Å². The van der Waals surface area contributed by atoms with Gasteiger partial charge in [0, 0.05) is 6.61 Å². The van der Waals surface area contributed by atoms with Gasteiger partial charge in [-0.2, -0.15) is 13.2 Å². The summed E-state index contributed by atoms with van der Waals surface area (Å²) in [4.78, 5) is 0. The van der Waals surface area contributed by atoms with Crippen LogP contribution >= 0.6 is 0 Å². The van der Waals surface area contributed by atoms with Crippen molar-refractivity contribution in [3.05, 3.63) is 0 Å². The highest BCUT2D eigenvalue weighted by Gasteiger charge is 2.57. The normalized spacial score (nSPS) is 16.7. The van der Waals surface area contributed by atoms with Crippen LogP contribution in [0.15, 0.2) is 0 Å². The minimum absolute atomic E-state index is 0.238. The lowest BCUT2D eigenvalue weighted by molar-refractivity contribution is -0.268. The zero-order valence-electron chi connectivity index (χ0n) is 10.1. The van der Waals surface area contributed by atoms with E-state index in [1.165, 1.54) is 6.92 Å². The van der Waals surface area contributed by atoms with Gasteiger partial charge < -0.3 is 9.47 Å². The predicted octanol–water partition coefficient (Wildman–Crippen LogP) is 3.70. The summed E-state index contributed by atoms with van der Waals surface area (Å²) in [6, 6.07) is 0. The van der Waals surface area contributed by atoms with Crippen LogP contribution < -0.4 is 0 Å². The number of halogens is 6. The van der Waals surface area contributed by atoms with E-state index in [-0.39, 0.29) is 6.61 Å². The van der Waals surface area contributed by atoms with E-state index in [0.29, 0.717) is 6.42 Å². The maximum absolute atomic E-state index is 12.8. The van der Waals surface area contributed by atoms with Crippen LogP contribution in [0, 0.1) is 0 Å². The molecule has 110 valence electrons. The fraction of sp³-hybridized carbons (Fsp3) is 1.00. The van der Waals surface area contributed by atoms with Gasteiger partial charge in [-0.25, -0.2) is 13.2 Å². The quantitative estimate of drug-likeness (QED) is 0.384. The fourth-order valence-corrected chi connectivity index (χ4v) is 0.983. The van der Waals surface area contributed by atoms with E-state index in [1.807, 2.05) is 6.92 Å². The van der Waals surface area contributed by atoms with Gasteiger partial charge in [0.1, 0.15) is 6.61 Å². The molecule has 0 rings (SSSR count). The molecule has 0 aliphatic heterocycles. The lowest BCUT2D eigenvalue weighted by Crippen LogP contribution is -2.45. The molecule has 0 aromatic carbocycles. The van der Waals surface area contributed by atoms with Crippen LogP contribution in [-0.4, -0.2) is 37.8 Å². The molecule has 0 N–H and O–H groups in total. The molecular weight excluding hydrogens is 266 g/mol. The third kappa shape index (κ3) is 6.44. The number of hydrogen-bond acceptors (Lipinski definition) is 2. The van der Waals surface area contributed by atoms with Gasteiger partial charge in [-0.05, 0) is 13.3 Å². The van der Waals surface area contributed by atoms with Crippen molar-refractivity contribution in [1.82, 2.24) is 0 Å². The molecule has 0 saturated heterocycles. The SMILES string of the molecule is CCCCO[C@H](C)OCC(F)(F)[C@H](F)C(F)(F)F. The van der Waals surface area contributed by atoms with Gasteiger partial charge in [0.15, 0.2) is 6.29 Å². The van der Waals surface area contributed by atoms with Crippen LogP contribution in [0.5, 0.6) is 0 Å². The smallest absolute Gasteiger partial charge is 0.353 e. The first-order chi connectivity index (χ1) is 8.11. The van der Waals surface area contributed by atoms with Crippen LogP contribution in [0.2, 0.25) is 0 Å². The van der Waals surface area contributed by atoms with Gasteiger partial charge in [-0.15, -0.1) is 0 Å². The molecule has 0 unspecified atom stereocenters. The standard InChI is InChI=1S/C10H16F6O2/c1-3-4-5-17-7(2)18-6-9(12,13)8(11)10(14,15)16/h7-8H,3-6H2,1-2H3/t7-,8-/m0/s1. The molecule has 2 atom stereocenters. The molecular formula is C10H16F6O2. The molecule has 0 aromatic heterocycles. The maximum Gasteiger partial charge on any atom is 0.425 e. The molecule has 0 aliphatic rings. The molecule has 0 radical (unpaired) electrons. The van der Waals surface area contributed by atoms with E-state index < -0.39 is 31.2 Å². The Morgan fingerprint density at radius 3 is 2.06 bits per heavy atom. The Bertz CT molecular complexity index is 231. The molecule has 0 aliphatic carbocycles. The number of unbranched alkanes of at least 4 members (excludes halogenated alkanes) is 1. The van der Waals surface area contributed by atoms with Crippen molar-refractivity contribution in [3.63, 3.8) is 0 Å². The molecule has 0 aromatic rings. The van der Waals surface area contributed by atoms with Gasteiger partial charge in [0.2, 0.25) is 0 Å². The third-order valence-corrected chi connectivity index (χ3v) is 2.02. The number of rotatable bonds is 8. The lowest BCUT2D eigenvalue weighted by atomic mass is 10.2. The van der Waals surface area contributed by atoms with Crippen molar-refractivity contribution >= 4 is 0 Å². The van der Waals surface area contributed by atoms with Crippen LogP contribution in [0.4, 0.5) is 26.3 Å². The predicted molar refractivity (Wildman–Crippen MR) is 52.2 cm³/mol. The summed E-state index contributed by atoms with van der Waals surface area (Å²) in [6.07, 6.45) is -9.49. The zero-order chi connectivity index (χ0) is 14.4. The van der Waals surface area contributed by atoms with Gasteiger partial charge in [-0.3, -0.25) is 0 Å². The van der Waals surface area contributed by atoms with E-state index >= 15 is 0 Å². The van der Waals surface area contributed by atoms with Crippen molar-refractivity contribution in [2.45, 2.75) is 51.2 Å². The maximum atomic E-state index is 12.8. The van der Waals surface area contributed by atoms with Crippen LogP contribution in [0.25, 0.3) is 0 Å². The van der Waals surface area contributed by atoms with Crippen LogP contribution in [0.3, 0.4) is 0 Å². The van der Waals surface area contributed by atoms with Gasteiger partial charge in [-0.1, -0.05) is 13.3 Å². The summed E-state index contributed by atoms with van der Waals surface area (Å²) in [7, 11) is 0. The van der Waals surface area contributed by atoms with E-state index in [4.69, 9.17) is 4.74 Å². The zero-order valence-corrected chi connectivity index (χ0v) is 10.1. The summed E-state index contributed by atoms with van der Waals surface area (Å²) in [5, 5.41) is 0. The van der Waals surface area contributed by atoms with Gasteiger partial charge in [0.25, 0.3) is 6.17 Å². The molecule has 0 amide bonds. The first-order valence-corrected chi connectivity index (χ1v) is 5.43. The number of alkyl halides is 6. The number of hydrogen-bond donors (Lipinski definition) is 0. The second-order valence-corrected chi connectivity index (χ2v) is 3.77. The first-order valence-electron chi connectivity index (χ1n) is 5.43. The summed E-state index contributed by atoms with van der Waals surface area (Å²) in [5.74, 6) is -4.62. The Morgan fingerprint density at radius 2 is 1.61 bits per heavy atom. The third-order valence-electron chi connectivity index (χ3n) is 2.02. The Morgan fingerprint density at radius 1 is 1.06 bits per heavy atom. The fourth-order valence-electron chi connectivity index (χ4n) is 0.983. The van der Waals surface area contributed by atoms with E-state index in [9.17, 15) is 26.3 Å². The minimum atomic E-state index is -5.61. The largest absolute Gasteiger partial charge is 0.425 e. The monoisotopic (exact) mass is 282 g/mol.